The van der Waals surface area contributed by atoms with Gasteiger partial charge in [-0.05, 0) is 5.41 Å². The molecule has 0 aromatic rings. The lowest BCUT2D eigenvalue weighted by Gasteiger charge is -2.32. The van der Waals surface area contributed by atoms with Crippen LogP contribution >= 0.6 is 0 Å². The van der Waals surface area contributed by atoms with Crippen molar-refractivity contribution in [1.82, 2.24) is 0 Å². The SMILES string of the molecule is CC(C=O)C1=CCC(=O)CC1(C)C. The van der Waals surface area contributed by atoms with Crippen LogP contribution in [0.15, 0.2) is 11.6 Å². The maximum atomic E-state index is 11.2. The molecule has 0 saturated heterocycles. The molecule has 1 aliphatic rings. The van der Waals surface area contributed by atoms with Crippen LogP contribution in [0.2, 0.25) is 0 Å². The van der Waals surface area contributed by atoms with Gasteiger partial charge >= 0.3 is 0 Å². The Morgan fingerprint density at radius 3 is 2.62 bits per heavy atom. The van der Waals surface area contributed by atoms with Gasteiger partial charge in [-0.3, -0.25) is 4.79 Å². The van der Waals surface area contributed by atoms with E-state index in [4.69, 9.17) is 0 Å². The van der Waals surface area contributed by atoms with Gasteiger partial charge < -0.3 is 4.79 Å². The summed E-state index contributed by atoms with van der Waals surface area (Å²) in [6.45, 7) is 5.93. The molecule has 2 heteroatoms. The van der Waals surface area contributed by atoms with Crippen molar-refractivity contribution >= 4 is 12.1 Å². The highest BCUT2D eigenvalue weighted by Gasteiger charge is 2.32. The van der Waals surface area contributed by atoms with Gasteiger partial charge in [0.05, 0.1) is 0 Å². The summed E-state index contributed by atoms with van der Waals surface area (Å²) in [5.41, 5.74) is 0.984. The Kier molecular flexibility index (Phi) is 2.69. The third kappa shape index (κ3) is 2.06. The van der Waals surface area contributed by atoms with Crippen molar-refractivity contribution in [1.29, 1.82) is 0 Å². The molecule has 0 radical (unpaired) electrons. The van der Waals surface area contributed by atoms with E-state index in [-0.39, 0.29) is 17.1 Å². The van der Waals surface area contributed by atoms with E-state index >= 15 is 0 Å². The molecule has 1 atom stereocenters. The minimum Gasteiger partial charge on any atom is -0.303 e. The first kappa shape index (κ1) is 10.2. The van der Waals surface area contributed by atoms with Gasteiger partial charge in [0.1, 0.15) is 12.1 Å². The highest BCUT2D eigenvalue weighted by Crippen LogP contribution is 2.38. The number of Topliss-reactive ketones (excluding diaryl/α,β-unsaturated/α-hetero) is 1. The van der Waals surface area contributed by atoms with Gasteiger partial charge in [-0.15, -0.1) is 0 Å². The Hall–Kier alpha value is -0.920. The van der Waals surface area contributed by atoms with E-state index < -0.39 is 0 Å². The Balaban J connectivity index is 2.94. The quantitative estimate of drug-likeness (QED) is 0.482. The van der Waals surface area contributed by atoms with Crippen molar-refractivity contribution in [3.05, 3.63) is 11.6 Å². The molecule has 0 amide bonds. The predicted molar refractivity (Wildman–Crippen MR) is 51.3 cm³/mol. The first-order chi connectivity index (χ1) is 5.97. The number of aldehydes is 1. The Labute approximate surface area is 79.0 Å². The van der Waals surface area contributed by atoms with Crippen molar-refractivity contribution in [2.45, 2.75) is 33.6 Å². The first-order valence-electron chi connectivity index (χ1n) is 4.65. The molecular weight excluding hydrogens is 164 g/mol. The average Bonchev–Trinajstić information content (AvgIpc) is 2.01. The van der Waals surface area contributed by atoms with Crippen molar-refractivity contribution in [2.75, 3.05) is 0 Å². The van der Waals surface area contributed by atoms with Gasteiger partial charge in [0.25, 0.3) is 0 Å². The molecule has 0 fully saturated rings. The fourth-order valence-electron chi connectivity index (χ4n) is 2.04. The molecule has 0 aromatic carbocycles. The van der Waals surface area contributed by atoms with Crippen LogP contribution in [0.25, 0.3) is 0 Å². The van der Waals surface area contributed by atoms with E-state index in [1.165, 1.54) is 0 Å². The number of rotatable bonds is 2. The maximum Gasteiger partial charge on any atom is 0.137 e. The summed E-state index contributed by atoms with van der Waals surface area (Å²) in [7, 11) is 0. The highest BCUT2D eigenvalue weighted by atomic mass is 16.1. The fourth-order valence-corrected chi connectivity index (χ4v) is 2.04. The summed E-state index contributed by atoms with van der Waals surface area (Å²) < 4.78 is 0. The molecule has 0 heterocycles. The summed E-state index contributed by atoms with van der Waals surface area (Å²) in [4.78, 5) is 21.8. The molecule has 0 aliphatic heterocycles. The second-order valence-electron chi connectivity index (χ2n) is 4.39. The average molecular weight is 180 g/mol. The Morgan fingerprint density at radius 1 is 1.54 bits per heavy atom. The summed E-state index contributed by atoms with van der Waals surface area (Å²) in [6.07, 6.45) is 3.93. The first-order valence-corrected chi connectivity index (χ1v) is 4.65. The normalized spacial score (nSPS) is 23.6. The molecule has 2 nitrogen and oxygen atoms in total. The van der Waals surface area contributed by atoms with Gasteiger partial charge in [-0.1, -0.05) is 32.4 Å². The highest BCUT2D eigenvalue weighted by molar-refractivity contribution is 5.83. The smallest absolute Gasteiger partial charge is 0.137 e. The molecule has 1 rings (SSSR count). The van der Waals surface area contributed by atoms with Crippen LogP contribution in [0, 0.1) is 11.3 Å². The second-order valence-corrected chi connectivity index (χ2v) is 4.39. The van der Waals surface area contributed by atoms with Gasteiger partial charge in [0.2, 0.25) is 0 Å². The van der Waals surface area contributed by atoms with Crippen LogP contribution in [0.1, 0.15) is 33.6 Å². The largest absolute Gasteiger partial charge is 0.303 e. The van der Waals surface area contributed by atoms with Gasteiger partial charge in [-0.25, -0.2) is 0 Å². The molecule has 13 heavy (non-hydrogen) atoms. The molecule has 0 saturated carbocycles. The molecule has 0 N–H and O–H groups in total. The zero-order valence-electron chi connectivity index (χ0n) is 8.46. The summed E-state index contributed by atoms with van der Waals surface area (Å²) in [6, 6.07) is 0. The molecule has 1 aliphatic carbocycles. The number of carbonyl (C=O) groups is 2. The molecule has 72 valence electrons. The predicted octanol–water partition coefficient (Wildman–Crippen LogP) is 2.14. The van der Waals surface area contributed by atoms with E-state index in [0.717, 1.165) is 11.9 Å². The van der Waals surface area contributed by atoms with E-state index in [1.807, 2.05) is 26.8 Å². The van der Waals surface area contributed by atoms with Crippen molar-refractivity contribution in [2.24, 2.45) is 11.3 Å². The minimum atomic E-state index is -0.129. The number of carbonyl (C=O) groups excluding carboxylic acids is 2. The van der Waals surface area contributed by atoms with Gasteiger partial charge in [0.15, 0.2) is 0 Å². The Bertz CT molecular complexity index is 261. The maximum absolute atomic E-state index is 11.2. The van der Waals surface area contributed by atoms with Crippen LogP contribution < -0.4 is 0 Å². The molecule has 0 spiro atoms. The fraction of sp³-hybridized carbons (Fsp3) is 0.636. The molecular formula is C11H16O2. The van der Waals surface area contributed by atoms with E-state index in [1.54, 1.807) is 0 Å². The topological polar surface area (TPSA) is 34.1 Å². The van der Waals surface area contributed by atoms with Crippen molar-refractivity contribution in [3.63, 3.8) is 0 Å². The summed E-state index contributed by atoms with van der Waals surface area (Å²) in [5.74, 6) is 0.218. The van der Waals surface area contributed by atoms with Crippen LogP contribution in [0.5, 0.6) is 0 Å². The third-order valence-corrected chi connectivity index (χ3v) is 2.66. The Morgan fingerprint density at radius 2 is 2.15 bits per heavy atom. The molecule has 1 unspecified atom stereocenters. The summed E-state index contributed by atoms with van der Waals surface area (Å²) >= 11 is 0. The number of ketones is 1. The van der Waals surface area contributed by atoms with Crippen LogP contribution in [0.3, 0.4) is 0 Å². The van der Waals surface area contributed by atoms with Crippen LogP contribution in [-0.4, -0.2) is 12.1 Å². The zero-order valence-corrected chi connectivity index (χ0v) is 8.46. The van der Waals surface area contributed by atoms with Crippen LogP contribution in [0.4, 0.5) is 0 Å². The summed E-state index contributed by atoms with van der Waals surface area (Å²) in [5, 5.41) is 0. The lowest BCUT2D eigenvalue weighted by Crippen LogP contribution is -2.27. The van der Waals surface area contributed by atoms with E-state index in [9.17, 15) is 9.59 Å². The standard InChI is InChI=1S/C11H16O2/c1-8(7-12)10-5-4-9(13)6-11(10,2)3/h5,7-8H,4,6H2,1-3H3. The third-order valence-electron chi connectivity index (χ3n) is 2.66. The van der Waals surface area contributed by atoms with Gasteiger partial charge in [-0.2, -0.15) is 0 Å². The van der Waals surface area contributed by atoms with Crippen LogP contribution in [-0.2, 0) is 9.59 Å². The van der Waals surface area contributed by atoms with E-state index in [0.29, 0.717) is 12.8 Å². The monoisotopic (exact) mass is 180 g/mol. The van der Waals surface area contributed by atoms with Crippen molar-refractivity contribution in [3.8, 4) is 0 Å². The lowest BCUT2D eigenvalue weighted by molar-refractivity contribution is -0.120. The minimum absolute atomic E-state index is 0.0527. The molecule has 0 aromatic heterocycles. The van der Waals surface area contributed by atoms with Gasteiger partial charge in [0, 0.05) is 18.8 Å². The lowest BCUT2D eigenvalue weighted by atomic mass is 9.71. The number of allylic oxidation sites excluding steroid dienone is 2. The zero-order chi connectivity index (χ0) is 10.1. The second kappa shape index (κ2) is 3.44. The molecule has 0 bridgehead atoms. The number of hydrogen-bond acceptors (Lipinski definition) is 2. The number of hydrogen-bond donors (Lipinski definition) is 0. The van der Waals surface area contributed by atoms with E-state index in [2.05, 4.69) is 0 Å². The van der Waals surface area contributed by atoms with Crippen molar-refractivity contribution < 1.29 is 9.59 Å².